The van der Waals surface area contributed by atoms with Crippen LogP contribution in [-0.4, -0.2) is 29.6 Å². The first-order chi connectivity index (χ1) is 18.5. The van der Waals surface area contributed by atoms with Crippen molar-refractivity contribution >= 4 is 62.2 Å². The summed E-state index contributed by atoms with van der Waals surface area (Å²) in [6.45, 7) is 0. The summed E-state index contributed by atoms with van der Waals surface area (Å²) in [6.07, 6.45) is 4.00. The number of thiophene rings is 1. The van der Waals surface area contributed by atoms with Crippen molar-refractivity contribution in [3.8, 4) is 0 Å². The maximum absolute atomic E-state index is 14.6. The van der Waals surface area contributed by atoms with Gasteiger partial charge in [0.1, 0.15) is 11.5 Å². The molecule has 3 aromatic carbocycles. The van der Waals surface area contributed by atoms with Gasteiger partial charge >= 0.3 is 0 Å². The van der Waals surface area contributed by atoms with Crippen molar-refractivity contribution in [2.75, 3.05) is 10.2 Å². The molecule has 1 spiro atoms. The monoisotopic (exact) mass is 580 g/mol. The summed E-state index contributed by atoms with van der Waals surface area (Å²) in [4.78, 5) is 45.8. The van der Waals surface area contributed by atoms with Gasteiger partial charge in [0.05, 0.1) is 16.8 Å². The number of nitrogens with one attached hydrogen (secondary N) is 1. The fraction of sp³-hybridized carbons (Fsp3) is 0.129. The molecule has 1 N–H and O–H groups in total. The Bertz CT molecular complexity index is 1650. The van der Waals surface area contributed by atoms with Gasteiger partial charge in [0, 0.05) is 21.4 Å². The van der Waals surface area contributed by atoms with Crippen molar-refractivity contribution in [1.82, 2.24) is 0 Å². The molecule has 0 bridgehead atoms. The standard InChI is InChI=1S/C31H21BrN2O3S/c32-20-14-11-19(12-15-20)28(35)26-27(29(36)24-10-5-17-38-24)34-23-9-4-1-6-18(23)13-16-25(34)31(26)21-7-2-3-8-22(21)33-30(31)37/h1-17,25-27H,(H,33,37)/t25-,26+,27-,31-/m0/s1. The van der Waals surface area contributed by atoms with E-state index in [0.29, 0.717) is 16.1 Å². The Morgan fingerprint density at radius 2 is 1.66 bits per heavy atom. The van der Waals surface area contributed by atoms with Crippen molar-refractivity contribution in [2.24, 2.45) is 5.92 Å². The number of anilines is 2. The molecule has 4 heterocycles. The van der Waals surface area contributed by atoms with Crippen LogP contribution >= 0.6 is 27.3 Å². The number of rotatable bonds is 4. The third-order valence-electron chi connectivity index (χ3n) is 7.99. The van der Waals surface area contributed by atoms with E-state index >= 15 is 0 Å². The van der Waals surface area contributed by atoms with Crippen LogP contribution in [0.25, 0.3) is 6.08 Å². The maximum Gasteiger partial charge on any atom is 0.238 e. The molecule has 3 aliphatic rings. The summed E-state index contributed by atoms with van der Waals surface area (Å²) in [5.74, 6) is -1.59. The SMILES string of the molecule is O=C(c1cccs1)[C@@H]1[C@H](C(=O)c2ccc(Br)cc2)[C@@]2(C(=O)Nc3ccccc32)[C@@H]2C=Cc3ccccc3N12. The summed E-state index contributed by atoms with van der Waals surface area (Å²) < 4.78 is 0.847. The smallest absolute Gasteiger partial charge is 0.238 e. The van der Waals surface area contributed by atoms with Gasteiger partial charge in [-0.1, -0.05) is 82.7 Å². The van der Waals surface area contributed by atoms with E-state index in [1.54, 1.807) is 18.2 Å². The number of carbonyl (C=O) groups is 3. The summed E-state index contributed by atoms with van der Waals surface area (Å²) in [5.41, 5.74) is 2.41. The zero-order chi connectivity index (χ0) is 26.0. The molecule has 1 fully saturated rings. The first kappa shape index (κ1) is 23.3. The van der Waals surface area contributed by atoms with Crippen molar-refractivity contribution in [3.63, 3.8) is 0 Å². The molecule has 1 aromatic heterocycles. The molecule has 186 valence electrons. The van der Waals surface area contributed by atoms with E-state index < -0.39 is 23.4 Å². The number of ketones is 2. The molecule has 7 rings (SSSR count). The third-order valence-corrected chi connectivity index (χ3v) is 9.40. The van der Waals surface area contributed by atoms with Gasteiger partial charge in [-0.05, 0) is 46.8 Å². The van der Waals surface area contributed by atoms with Crippen LogP contribution in [-0.2, 0) is 10.2 Å². The van der Waals surface area contributed by atoms with Gasteiger partial charge in [-0.15, -0.1) is 11.3 Å². The number of carbonyl (C=O) groups excluding carboxylic acids is 3. The zero-order valence-electron chi connectivity index (χ0n) is 20.0. The van der Waals surface area contributed by atoms with Crippen LogP contribution in [0.1, 0.15) is 31.2 Å². The third kappa shape index (κ3) is 3.12. The van der Waals surface area contributed by atoms with E-state index in [2.05, 4.69) is 21.2 Å². The van der Waals surface area contributed by atoms with Gasteiger partial charge in [-0.25, -0.2) is 0 Å². The highest BCUT2D eigenvalue weighted by Gasteiger charge is 2.70. The fourth-order valence-corrected chi connectivity index (χ4v) is 7.44. The number of halogens is 1. The highest BCUT2D eigenvalue weighted by molar-refractivity contribution is 9.10. The van der Waals surface area contributed by atoms with E-state index in [4.69, 9.17) is 0 Å². The van der Waals surface area contributed by atoms with Gasteiger partial charge in [0.2, 0.25) is 5.91 Å². The number of nitrogens with zero attached hydrogens (tertiary/aromatic N) is 1. The molecule has 4 aromatic rings. The van der Waals surface area contributed by atoms with E-state index in [-0.39, 0.29) is 17.5 Å². The number of Topliss-reactive ketones (excluding diaryl/α,β-unsaturated/α-hetero) is 2. The second-order valence-corrected chi connectivity index (χ2v) is 11.6. The Kier molecular flexibility index (Phi) is 5.29. The number of hydrogen-bond acceptors (Lipinski definition) is 5. The second kappa shape index (κ2) is 8.61. The van der Waals surface area contributed by atoms with E-state index in [9.17, 15) is 14.4 Å². The maximum atomic E-state index is 14.6. The predicted octanol–water partition coefficient (Wildman–Crippen LogP) is 6.37. The van der Waals surface area contributed by atoms with E-state index in [0.717, 1.165) is 21.3 Å². The van der Waals surface area contributed by atoms with Crippen LogP contribution in [0.4, 0.5) is 11.4 Å². The summed E-state index contributed by atoms with van der Waals surface area (Å²) in [5, 5.41) is 4.92. The molecule has 4 atom stereocenters. The van der Waals surface area contributed by atoms with E-state index in [1.165, 1.54) is 11.3 Å². The lowest BCUT2D eigenvalue weighted by molar-refractivity contribution is -0.121. The molecule has 0 unspecified atom stereocenters. The second-order valence-electron chi connectivity index (χ2n) is 9.77. The number of amides is 1. The highest BCUT2D eigenvalue weighted by Crippen LogP contribution is 2.58. The molecule has 0 radical (unpaired) electrons. The van der Waals surface area contributed by atoms with Crippen molar-refractivity contribution in [2.45, 2.75) is 17.5 Å². The number of fused-ring (bicyclic) bond motifs is 6. The lowest BCUT2D eigenvalue weighted by Gasteiger charge is -2.37. The van der Waals surface area contributed by atoms with Crippen LogP contribution in [0.5, 0.6) is 0 Å². The average molecular weight is 581 g/mol. The average Bonchev–Trinajstić information content (AvgIpc) is 3.65. The summed E-state index contributed by atoms with van der Waals surface area (Å²) in [7, 11) is 0. The lowest BCUT2D eigenvalue weighted by atomic mass is 9.64. The topological polar surface area (TPSA) is 66.5 Å². The normalized spacial score (nSPS) is 24.6. The number of hydrogen-bond donors (Lipinski definition) is 1. The molecule has 0 aliphatic carbocycles. The Morgan fingerprint density at radius 1 is 0.895 bits per heavy atom. The molecule has 1 saturated heterocycles. The van der Waals surface area contributed by atoms with Crippen LogP contribution in [0.3, 0.4) is 0 Å². The fourth-order valence-electron chi connectivity index (χ4n) is 6.48. The van der Waals surface area contributed by atoms with E-state index in [1.807, 2.05) is 89.2 Å². The van der Waals surface area contributed by atoms with Gasteiger partial charge in [-0.2, -0.15) is 0 Å². The van der Waals surface area contributed by atoms with Gasteiger partial charge in [0.25, 0.3) is 0 Å². The van der Waals surface area contributed by atoms with Crippen LogP contribution in [0.2, 0.25) is 0 Å². The Labute approximate surface area is 231 Å². The highest BCUT2D eigenvalue weighted by atomic mass is 79.9. The van der Waals surface area contributed by atoms with Crippen LogP contribution < -0.4 is 10.2 Å². The minimum absolute atomic E-state index is 0.153. The minimum atomic E-state index is -1.29. The first-order valence-corrected chi connectivity index (χ1v) is 14.0. The van der Waals surface area contributed by atoms with Gasteiger partial charge in [0.15, 0.2) is 11.6 Å². The molecule has 1 amide bonds. The quantitative estimate of drug-likeness (QED) is 0.285. The number of para-hydroxylation sites is 2. The lowest BCUT2D eigenvalue weighted by Crippen LogP contribution is -2.51. The van der Waals surface area contributed by atoms with Gasteiger partial charge < -0.3 is 10.2 Å². The zero-order valence-corrected chi connectivity index (χ0v) is 22.4. The van der Waals surface area contributed by atoms with Crippen LogP contribution in [0.15, 0.2) is 101 Å². The summed E-state index contributed by atoms with van der Waals surface area (Å²) >= 11 is 4.81. The number of benzene rings is 3. The first-order valence-electron chi connectivity index (χ1n) is 12.4. The Hall–Kier alpha value is -3.81. The Morgan fingerprint density at radius 3 is 2.45 bits per heavy atom. The largest absolute Gasteiger partial charge is 0.352 e. The van der Waals surface area contributed by atoms with Crippen molar-refractivity contribution in [1.29, 1.82) is 0 Å². The molecule has 0 saturated carbocycles. The predicted molar refractivity (Wildman–Crippen MR) is 153 cm³/mol. The van der Waals surface area contributed by atoms with Crippen LogP contribution in [0, 0.1) is 5.92 Å². The Balaban J connectivity index is 1.54. The molecular weight excluding hydrogens is 560 g/mol. The molecule has 3 aliphatic heterocycles. The molecule has 7 heteroatoms. The summed E-state index contributed by atoms with van der Waals surface area (Å²) in [6, 6.07) is 24.8. The minimum Gasteiger partial charge on any atom is -0.352 e. The van der Waals surface area contributed by atoms with Crippen molar-refractivity contribution < 1.29 is 14.4 Å². The molecule has 38 heavy (non-hydrogen) atoms. The molecule has 5 nitrogen and oxygen atoms in total. The van der Waals surface area contributed by atoms with Gasteiger partial charge in [-0.3, -0.25) is 14.4 Å². The molecular formula is C31H21BrN2O3S. The van der Waals surface area contributed by atoms with Crippen molar-refractivity contribution in [3.05, 3.63) is 122 Å².